The smallest absolute Gasteiger partial charge is 0.468 e. The molecule has 0 bridgehead atoms. The van der Waals surface area contributed by atoms with Gasteiger partial charge in [-0.2, -0.15) is 14.7 Å². The second kappa shape index (κ2) is 8.52. The lowest BCUT2D eigenvalue weighted by Gasteiger charge is -2.15. The van der Waals surface area contributed by atoms with E-state index in [-0.39, 0.29) is 5.75 Å². The lowest BCUT2D eigenvalue weighted by atomic mass is 10.2. The van der Waals surface area contributed by atoms with E-state index in [1.807, 2.05) is 37.3 Å². The maximum atomic E-state index is 9.34. The molecule has 0 aliphatic heterocycles. The maximum absolute atomic E-state index is 9.34. The molecule has 0 spiro atoms. The molecule has 3 N–H and O–H groups in total. The van der Waals surface area contributed by atoms with Crippen LogP contribution in [0.5, 0.6) is 5.75 Å². The minimum atomic E-state index is -4.41. The van der Waals surface area contributed by atoms with Crippen LogP contribution in [0.3, 0.4) is 0 Å². The third-order valence-corrected chi connectivity index (χ3v) is 6.31. The van der Waals surface area contributed by atoms with E-state index >= 15 is 0 Å². The molecule has 0 saturated carbocycles. The lowest BCUT2D eigenvalue weighted by Crippen LogP contribution is -2.00. The maximum Gasteiger partial charge on any atom is 0.613 e. The molecule has 0 fully saturated rings. The first kappa shape index (κ1) is 19.4. The van der Waals surface area contributed by atoms with Crippen LogP contribution in [0, 0.1) is 6.92 Å². The number of rotatable bonds is 8. The minimum Gasteiger partial charge on any atom is -0.468 e. The Hall–Kier alpha value is -1.41. The molecule has 2 aromatic heterocycles. The highest BCUT2D eigenvalue weighted by Gasteiger charge is 2.36. The van der Waals surface area contributed by atoms with E-state index in [9.17, 15) is 14.7 Å². The Bertz CT molecular complexity index is 828. The molecule has 1 aromatic carbocycles. The first-order valence-corrected chi connectivity index (χ1v) is 11.2. The van der Waals surface area contributed by atoms with Crippen molar-refractivity contribution in [3.63, 3.8) is 0 Å². The van der Waals surface area contributed by atoms with Crippen LogP contribution in [-0.2, 0) is 11.5 Å². The Labute approximate surface area is 159 Å². The van der Waals surface area contributed by atoms with Gasteiger partial charge in [-0.3, -0.25) is 4.52 Å². The number of aryl methyl sites for hydroxylation is 1. The zero-order valence-electron chi connectivity index (χ0n) is 13.9. The molecule has 0 atom stereocenters. The van der Waals surface area contributed by atoms with Gasteiger partial charge in [-0.25, -0.2) is 0 Å². The van der Waals surface area contributed by atoms with Gasteiger partial charge in [-0.05, 0) is 42.8 Å². The van der Waals surface area contributed by atoms with Crippen LogP contribution < -0.4 is 4.52 Å². The summed E-state index contributed by atoms with van der Waals surface area (Å²) < 4.78 is 15.8. The van der Waals surface area contributed by atoms with Crippen molar-refractivity contribution in [1.82, 2.24) is 0 Å². The van der Waals surface area contributed by atoms with Gasteiger partial charge in [0.15, 0.2) is 5.75 Å². The molecule has 9 heteroatoms. The Morgan fingerprint density at radius 1 is 0.885 bits per heavy atom. The summed E-state index contributed by atoms with van der Waals surface area (Å²) in [6.45, 7) is 1.96. The fraction of sp³-hybridized carbons (Fsp3) is 0.176. The van der Waals surface area contributed by atoms with E-state index in [0.717, 1.165) is 22.0 Å². The van der Waals surface area contributed by atoms with Gasteiger partial charge in [0.05, 0.1) is 28.9 Å². The molecule has 3 aromatic rings. The van der Waals surface area contributed by atoms with Crippen LogP contribution in [0.2, 0.25) is 0 Å². The summed E-state index contributed by atoms with van der Waals surface area (Å²) >= 11 is 2.99. The van der Waals surface area contributed by atoms with E-state index in [1.54, 1.807) is 30.4 Å². The lowest BCUT2D eigenvalue weighted by molar-refractivity contribution is 0.235. The van der Waals surface area contributed by atoms with Crippen LogP contribution >= 0.6 is 31.7 Å². The topological polar surface area (TPSA) is 96.2 Å². The summed E-state index contributed by atoms with van der Waals surface area (Å²) in [5.74, 6) is 2.98. The predicted molar refractivity (Wildman–Crippen MR) is 102 cm³/mol. The highest BCUT2D eigenvalue weighted by Crippen LogP contribution is 2.51. The van der Waals surface area contributed by atoms with Crippen molar-refractivity contribution < 1.29 is 28.0 Å². The zero-order chi connectivity index (χ0) is 18.6. The molecule has 0 aliphatic rings. The number of hydrogen-bond donors (Lipinski definition) is 3. The fourth-order valence-corrected chi connectivity index (χ4v) is 5.04. The van der Waals surface area contributed by atoms with Gasteiger partial charge in [-0.15, -0.1) is 23.5 Å². The Kier molecular flexibility index (Phi) is 6.34. The number of furan rings is 2. The Balaban J connectivity index is 1.89. The Morgan fingerprint density at radius 3 is 1.96 bits per heavy atom. The normalized spacial score (nSPS) is 11.7. The van der Waals surface area contributed by atoms with Gasteiger partial charge < -0.3 is 8.83 Å². The average molecular weight is 413 g/mol. The van der Waals surface area contributed by atoms with E-state index in [0.29, 0.717) is 16.4 Å². The molecule has 0 aliphatic carbocycles. The highest BCUT2D eigenvalue weighted by atomic mass is 32.2. The van der Waals surface area contributed by atoms with Crippen molar-refractivity contribution in [2.24, 2.45) is 0 Å². The number of thioether (sulfide) groups is 2. The van der Waals surface area contributed by atoms with Gasteiger partial charge in [0, 0.05) is 4.90 Å². The fourth-order valence-electron chi connectivity index (χ4n) is 2.24. The zero-order valence-corrected chi connectivity index (χ0v) is 16.4. The van der Waals surface area contributed by atoms with Gasteiger partial charge >= 0.3 is 8.17 Å². The van der Waals surface area contributed by atoms with Gasteiger partial charge in [0.25, 0.3) is 0 Å². The van der Waals surface area contributed by atoms with Crippen LogP contribution in [0.15, 0.2) is 67.5 Å². The summed E-state index contributed by atoms with van der Waals surface area (Å²) in [5.41, 5.74) is 1.01. The van der Waals surface area contributed by atoms with Crippen molar-refractivity contribution in [2.45, 2.75) is 28.2 Å². The quantitative estimate of drug-likeness (QED) is 0.358. The standard InChI is InChI=1S/C17H18O6PS2/c1-12-6-7-15(23-24(18,19)20)17(26-11-14-5-3-9-22-14)16(12)25-10-13-4-2-8-21-13/h2-9,18-20H,10-11H2,1H3/q+1. The van der Waals surface area contributed by atoms with E-state index in [4.69, 9.17) is 13.4 Å². The summed E-state index contributed by atoms with van der Waals surface area (Å²) in [6.07, 6.45) is 3.22. The predicted octanol–water partition coefficient (Wildman–Crippen LogP) is 4.80. The molecule has 0 amide bonds. The van der Waals surface area contributed by atoms with Gasteiger partial charge in [0.2, 0.25) is 0 Å². The minimum absolute atomic E-state index is 0.218. The van der Waals surface area contributed by atoms with Crippen LogP contribution in [0.1, 0.15) is 17.1 Å². The van der Waals surface area contributed by atoms with Crippen LogP contribution in [-0.4, -0.2) is 14.7 Å². The number of benzene rings is 1. The molecular weight excluding hydrogens is 395 g/mol. The van der Waals surface area contributed by atoms with E-state index in [1.165, 1.54) is 11.8 Å². The van der Waals surface area contributed by atoms with E-state index < -0.39 is 8.17 Å². The second-order valence-corrected chi connectivity index (χ2v) is 8.56. The van der Waals surface area contributed by atoms with Crippen molar-refractivity contribution in [3.8, 4) is 5.75 Å². The third-order valence-electron chi connectivity index (χ3n) is 3.37. The van der Waals surface area contributed by atoms with Crippen molar-refractivity contribution in [2.75, 3.05) is 0 Å². The molecule has 0 radical (unpaired) electrons. The molecule has 3 rings (SSSR count). The average Bonchev–Trinajstić information content (AvgIpc) is 3.26. The second-order valence-electron chi connectivity index (χ2n) is 5.38. The summed E-state index contributed by atoms with van der Waals surface area (Å²) in [4.78, 5) is 29.6. The van der Waals surface area contributed by atoms with Crippen molar-refractivity contribution in [1.29, 1.82) is 0 Å². The first-order chi connectivity index (χ1) is 12.4. The van der Waals surface area contributed by atoms with Crippen LogP contribution in [0.4, 0.5) is 0 Å². The molecule has 0 unspecified atom stereocenters. The Morgan fingerprint density at radius 2 is 1.46 bits per heavy atom. The van der Waals surface area contributed by atoms with Gasteiger partial charge in [0.1, 0.15) is 11.5 Å². The molecule has 6 nitrogen and oxygen atoms in total. The summed E-state index contributed by atoms with van der Waals surface area (Å²) in [5, 5.41) is 0. The van der Waals surface area contributed by atoms with Gasteiger partial charge in [-0.1, -0.05) is 6.07 Å². The third kappa shape index (κ3) is 5.30. The molecule has 138 valence electrons. The van der Waals surface area contributed by atoms with E-state index in [2.05, 4.69) is 0 Å². The molecule has 0 saturated heterocycles. The van der Waals surface area contributed by atoms with Crippen LogP contribution in [0.25, 0.3) is 0 Å². The summed E-state index contributed by atoms with van der Waals surface area (Å²) in [7, 11) is -4.41. The SMILES string of the molecule is Cc1ccc(O[P+](O)(O)O)c(SCc2ccco2)c1SCc1ccco1. The number of hydrogen-bond acceptors (Lipinski definition) is 8. The van der Waals surface area contributed by atoms with Crippen molar-refractivity contribution in [3.05, 3.63) is 66.0 Å². The molecular formula is C17H18O6PS2+. The largest absolute Gasteiger partial charge is 0.613 e. The highest BCUT2D eigenvalue weighted by molar-refractivity contribution is 8.01. The summed E-state index contributed by atoms with van der Waals surface area (Å²) in [6, 6.07) is 10.8. The van der Waals surface area contributed by atoms with Crippen molar-refractivity contribution >= 4 is 31.7 Å². The first-order valence-electron chi connectivity index (χ1n) is 7.63. The molecule has 2 heterocycles. The molecule has 26 heavy (non-hydrogen) atoms. The monoisotopic (exact) mass is 413 g/mol.